The Bertz CT molecular complexity index is 420. The van der Waals surface area contributed by atoms with E-state index in [-0.39, 0.29) is 13.1 Å². The third-order valence-corrected chi connectivity index (χ3v) is 3.42. The summed E-state index contributed by atoms with van der Waals surface area (Å²) < 4.78 is 0. The minimum atomic E-state index is -0.933. The molecule has 0 aromatic heterocycles. The lowest BCUT2D eigenvalue weighted by molar-refractivity contribution is -0.142. The Hall–Kier alpha value is -2.12. The number of rotatable bonds is 4. The van der Waals surface area contributed by atoms with Gasteiger partial charge in [-0.2, -0.15) is 0 Å². The normalized spacial score (nSPS) is 26.4. The van der Waals surface area contributed by atoms with Gasteiger partial charge in [-0.05, 0) is 12.8 Å². The van der Waals surface area contributed by atoms with E-state index >= 15 is 0 Å². The number of hydrogen-bond acceptors (Lipinski definition) is 4. The van der Waals surface area contributed by atoms with E-state index in [4.69, 9.17) is 5.11 Å². The van der Waals surface area contributed by atoms with Crippen molar-refractivity contribution in [2.24, 2.45) is 5.92 Å². The van der Waals surface area contributed by atoms with Gasteiger partial charge in [-0.3, -0.25) is 19.3 Å². The van der Waals surface area contributed by atoms with Gasteiger partial charge in [-0.25, -0.2) is 4.79 Å². The summed E-state index contributed by atoms with van der Waals surface area (Å²) in [7, 11) is 0. The van der Waals surface area contributed by atoms with Crippen molar-refractivity contribution in [3.05, 3.63) is 0 Å². The third kappa shape index (κ3) is 2.83. The number of nitrogens with one attached hydrogen (secondary N) is 2. The minimum absolute atomic E-state index is 0.104. The number of imide groups is 1. The molecule has 1 heterocycles. The number of carboxylic acids is 1. The Morgan fingerprint density at radius 2 is 2.11 bits per heavy atom. The summed E-state index contributed by atoms with van der Waals surface area (Å²) in [5.74, 6) is -2.49. The van der Waals surface area contributed by atoms with Crippen molar-refractivity contribution in [3.63, 3.8) is 0 Å². The van der Waals surface area contributed by atoms with Crippen LogP contribution in [0.25, 0.3) is 0 Å². The fourth-order valence-electron chi connectivity index (χ4n) is 2.44. The van der Waals surface area contributed by atoms with Crippen LogP contribution in [-0.2, 0) is 14.4 Å². The maximum atomic E-state index is 11.7. The molecule has 1 saturated carbocycles. The van der Waals surface area contributed by atoms with E-state index in [0.717, 1.165) is 11.3 Å². The fourth-order valence-corrected chi connectivity index (χ4v) is 2.44. The van der Waals surface area contributed by atoms with Crippen molar-refractivity contribution in [2.75, 3.05) is 13.1 Å². The lowest BCUT2D eigenvalue weighted by atomic mass is 10.0. The Morgan fingerprint density at radius 3 is 2.68 bits per heavy atom. The van der Waals surface area contributed by atoms with Crippen LogP contribution >= 0.6 is 0 Å². The smallest absolute Gasteiger partial charge is 0.325 e. The summed E-state index contributed by atoms with van der Waals surface area (Å²) in [4.78, 5) is 46.1. The zero-order chi connectivity index (χ0) is 14.0. The van der Waals surface area contributed by atoms with Crippen molar-refractivity contribution in [3.8, 4) is 0 Å². The molecular weight excluding hydrogens is 254 g/mol. The topological polar surface area (TPSA) is 116 Å². The quantitative estimate of drug-likeness (QED) is 0.561. The van der Waals surface area contributed by atoms with Gasteiger partial charge in [0.15, 0.2) is 0 Å². The van der Waals surface area contributed by atoms with Crippen LogP contribution in [0.1, 0.15) is 19.3 Å². The highest BCUT2D eigenvalue weighted by atomic mass is 16.4. The summed E-state index contributed by atoms with van der Waals surface area (Å²) >= 11 is 0. The van der Waals surface area contributed by atoms with Crippen LogP contribution in [0, 0.1) is 5.92 Å². The molecule has 2 aliphatic rings. The predicted octanol–water partition coefficient (Wildman–Crippen LogP) is -1.09. The average Bonchev–Trinajstić information content (AvgIpc) is 2.91. The van der Waals surface area contributed by atoms with E-state index in [1.54, 1.807) is 0 Å². The van der Waals surface area contributed by atoms with E-state index in [1.165, 1.54) is 0 Å². The number of hydrogen-bond donors (Lipinski definition) is 3. The molecule has 0 bridgehead atoms. The number of aliphatic carboxylic acids is 1. The molecule has 3 N–H and O–H groups in total. The monoisotopic (exact) mass is 269 g/mol. The second-order valence-corrected chi connectivity index (χ2v) is 4.69. The van der Waals surface area contributed by atoms with Gasteiger partial charge in [-0.15, -0.1) is 0 Å². The second-order valence-electron chi connectivity index (χ2n) is 4.69. The van der Waals surface area contributed by atoms with E-state index in [0.29, 0.717) is 12.8 Å². The molecule has 0 radical (unpaired) electrons. The van der Waals surface area contributed by atoms with Gasteiger partial charge in [0, 0.05) is 6.04 Å². The molecule has 19 heavy (non-hydrogen) atoms. The van der Waals surface area contributed by atoms with Gasteiger partial charge in [0.25, 0.3) is 5.91 Å². The number of amides is 4. The van der Waals surface area contributed by atoms with Crippen molar-refractivity contribution < 1.29 is 24.3 Å². The van der Waals surface area contributed by atoms with Gasteiger partial charge in [0.1, 0.15) is 6.54 Å². The first kappa shape index (κ1) is 13.3. The van der Waals surface area contributed by atoms with Crippen LogP contribution in [0.3, 0.4) is 0 Å². The Balaban J connectivity index is 1.89. The van der Waals surface area contributed by atoms with Crippen LogP contribution in [0.4, 0.5) is 4.79 Å². The molecule has 1 aliphatic heterocycles. The summed E-state index contributed by atoms with van der Waals surface area (Å²) in [6.07, 6.45) is 1.87. The molecule has 1 saturated heterocycles. The van der Waals surface area contributed by atoms with Gasteiger partial charge in [0.05, 0.1) is 12.5 Å². The molecule has 4 amide bonds. The Kier molecular flexibility index (Phi) is 3.68. The number of carboxylic acid groups (broad SMARTS) is 1. The van der Waals surface area contributed by atoms with Crippen molar-refractivity contribution in [1.82, 2.24) is 15.5 Å². The fraction of sp³-hybridized carbons (Fsp3) is 0.636. The largest absolute Gasteiger partial charge is 0.481 e. The molecule has 2 fully saturated rings. The standard InChI is InChI=1S/C11H15N3O5/c15-8(5-14-9(16)4-12-11(14)19)13-7-3-1-2-6(7)10(17)18/h6-7H,1-5H2,(H,12,19)(H,13,15)(H,17,18). The molecule has 0 aromatic rings. The van der Waals surface area contributed by atoms with Gasteiger partial charge in [-0.1, -0.05) is 6.42 Å². The van der Waals surface area contributed by atoms with Gasteiger partial charge >= 0.3 is 12.0 Å². The predicted molar refractivity (Wildman–Crippen MR) is 62.0 cm³/mol. The summed E-state index contributed by atoms with van der Waals surface area (Å²) in [5.41, 5.74) is 0. The first-order valence-electron chi connectivity index (χ1n) is 6.09. The maximum Gasteiger partial charge on any atom is 0.325 e. The van der Waals surface area contributed by atoms with Gasteiger partial charge in [0.2, 0.25) is 5.91 Å². The van der Waals surface area contributed by atoms with E-state index in [2.05, 4.69) is 10.6 Å². The molecule has 8 nitrogen and oxygen atoms in total. The Labute approximate surface area is 109 Å². The molecule has 104 valence electrons. The number of carbonyl (C=O) groups is 4. The molecular formula is C11H15N3O5. The van der Waals surface area contributed by atoms with Crippen LogP contribution in [0.2, 0.25) is 0 Å². The summed E-state index contributed by atoms with van der Waals surface area (Å²) in [5, 5.41) is 13.9. The van der Waals surface area contributed by atoms with Crippen LogP contribution < -0.4 is 10.6 Å². The zero-order valence-electron chi connectivity index (χ0n) is 10.2. The summed E-state index contributed by atoms with van der Waals surface area (Å²) in [6, 6.07) is -1.02. The number of nitrogens with zero attached hydrogens (tertiary/aromatic N) is 1. The van der Waals surface area contributed by atoms with Crippen molar-refractivity contribution in [1.29, 1.82) is 0 Å². The van der Waals surface area contributed by atoms with Gasteiger partial charge < -0.3 is 15.7 Å². The van der Waals surface area contributed by atoms with Crippen LogP contribution in [0.15, 0.2) is 0 Å². The van der Waals surface area contributed by atoms with Crippen LogP contribution in [0.5, 0.6) is 0 Å². The number of urea groups is 1. The lowest BCUT2D eigenvalue weighted by Crippen LogP contribution is -2.46. The molecule has 1 aliphatic carbocycles. The maximum absolute atomic E-state index is 11.7. The summed E-state index contributed by atoms with van der Waals surface area (Å²) in [6.45, 7) is -0.471. The second kappa shape index (κ2) is 5.25. The Morgan fingerprint density at radius 1 is 1.37 bits per heavy atom. The highest BCUT2D eigenvalue weighted by molar-refractivity contribution is 6.04. The van der Waals surface area contributed by atoms with Crippen LogP contribution in [-0.4, -0.2) is 53.0 Å². The zero-order valence-corrected chi connectivity index (χ0v) is 10.2. The van der Waals surface area contributed by atoms with Crippen molar-refractivity contribution >= 4 is 23.8 Å². The minimum Gasteiger partial charge on any atom is -0.481 e. The lowest BCUT2D eigenvalue weighted by Gasteiger charge is -2.19. The van der Waals surface area contributed by atoms with Crippen molar-refractivity contribution in [2.45, 2.75) is 25.3 Å². The molecule has 2 atom stereocenters. The average molecular weight is 269 g/mol. The first-order chi connectivity index (χ1) is 8.99. The number of carbonyl (C=O) groups excluding carboxylic acids is 3. The van der Waals surface area contributed by atoms with E-state index in [9.17, 15) is 19.2 Å². The van der Waals surface area contributed by atoms with E-state index in [1.807, 2.05) is 0 Å². The third-order valence-electron chi connectivity index (χ3n) is 3.42. The highest BCUT2D eigenvalue weighted by Crippen LogP contribution is 2.25. The first-order valence-corrected chi connectivity index (χ1v) is 6.09. The molecule has 0 spiro atoms. The SMILES string of the molecule is O=C(CN1C(=O)CNC1=O)NC1CCCC1C(=O)O. The van der Waals surface area contributed by atoms with E-state index < -0.39 is 35.8 Å². The highest BCUT2D eigenvalue weighted by Gasteiger charge is 2.35. The molecule has 2 unspecified atom stereocenters. The molecule has 8 heteroatoms. The molecule has 2 rings (SSSR count). The molecule has 0 aromatic carbocycles.